The quantitative estimate of drug-likeness (QED) is 0.141. The lowest BCUT2D eigenvalue weighted by Gasteiger charge is -2.22. The molecule has 260 valence electrons. The van der Waals surface area contributed by atoms with Gasteiger partial charge in [-0.25, -0.2) is 9.13 Å². The third-order valence-electron chi connectivity index (χ3n) is 9.61. The summed E-state index contributed by atoms with van der Waals surface area (Å²) in [5, 5.41) is 0. The number of pyridine rings is 2. The maximum Gasteiger partial charge on any atom is 0.213 e. The molecule has 4 aromatic carbocycles. The minimum atomic E-state index is -2.05. The highest BCUT2D eigenvalue weighted by Gasteiger charge is 2.18. The van der Waals surface area contributed by atoms with E-state index < -0.39 is 37.3 Å². The number of aromatic nitrogens is 2. The van der Waals surface area contributed by atoms with Gasteiger partial charge in [0.15, 0.2) is 12.4 Å². The molecule has 0 amide bonds. The minimum absolute atomic E-state index is 0.201. The van der Waals surface area contributed by atoms with Crippen LogP contribution in [-0.2, 0) is 14.1 Å². The molecule has 0 N–H and O–H groups in total. The van der Waals surface area contributed by atoms with Crippen molar-refractivity contribution in [2.75, 3.05) is 0 Å². The Bertz CT molecular complexity index is 2470. The lowest BCUT2D eigenvalue weighted by atomic mass is 9.84. The Kier molecular flexibility index (Phi) is 8.36. The fourth-order valence-corrected chi connectivity index (χ4v) is 6.61. The summed E-state index contributed by atoms with van der Waals surface area (Å²) in [7, 11) is 4.03. The fraction of sp³-hybridized carbons (Fsp3) is 0.306. The van der Waals surface area contributed by atoms with E-state index >= 15 is 0 Å². The first kappa shape index (κ1) is 25.2. The molecule has 2 aromatic heterocycles. The van der Waals surface area contributed by atoms with E-state index in [9.17, 15) is 0 Å². The fourth-order valence-electron chi connectivity index (χ4n) is 6.61. The van der Waals surface area contributed by atoms with Gasteiger partial charge in [-0.15, -0.1) is 0 Å². The summed E-state index contributed by atoms with van der Waals surface area (Å²) in [6.07, 6.45) is -3.05. The van der Waals surface area contributed by atoms with E-state index in [1.54, 1.807) is 24.3 Å². The first-order valence-corrected chi connectivity index (χ1v) is 17.8. The molecule has 0 spiro atoms. The van der Waals surface area contributed by atoms with Crippen molar-refractivity contribution in [3.8, 4) is 44.8 Å². The zero-order valence-electron chi connectivity index (χ0n) is 40.7. The maximum atomic E-state index is 8.89. The van der Waals surface area contributed by atoms with Crippen LogP contribution in [-0.4, -0.2) is 0 Å². The Morgan fingerprint density at radius 3 is 1.53 bits per heavy atom. The summed E-state index contributed by atoms with van der Waals surface area (Å²) in [6, 6.07) is 39.0. The summed E-state index contributed by atoms with van der Waals surface area (Å²) in [5.41, 5.74) is 11.5. The monoisotopic (exact) mass is 683 g/mol. The molecule has 0 unspecified atom stereocenters. The van der Waals surface area contributed by atoms with Gasteiger partial charge in [0.25, 0.3) is 0 Å². The lowest BCUT2D eigenvalue weighted by Crippen LogP contribution is -2.30. The molecular weight excluding hydrogens is 617 g/mol. The molecule has 2 heterocycles. The van der Waals surface area contributed by atoms with E-state index in [1.165, 1.54) is 25.0 Å². The van der Waals surface area contributed by atoms with E-state index in [2.05, 4.69) is 59.4 Å². The number of hydrogen-bond acceptors (Lipinski definition) is 0. The molecular formula is C49H56N2+2. The van der Waals surface area contributed by atoms with Gasteiger partial charge < -0.3 is 0 Å². The molecule has 0 radical (unpaired) electrons. The van der Waals surface area contributed by atoms with E-state index in [0.29, 0.717) is 17.5 Å². The van der Waals surface area contributed by atoms with Crippen LogP contribution < -0.4 is 9.13 Å². The number of benzene rings is 4. The van der Waals surface area contributed by atoms with Crippen molar-refractivity contribution < 1.29 is 22.8 Å². The van der Waals surface area contributed by atoms with Crippen LogP contribution in [0.15, 0.2) is 134 Å². The predicted octanol–water partition coefficient (Wildman–Crippen LogP) is 12.3. The molecule has 0 aliphatic heterocycles. The first-order valence-electron chi connectivity index (χ1n) is 22.8. The van der Waals surface area contributed by atoms with Gasteiger partial charge in [-0.1, -0.05) is 118 Å². The zero-order chi connectivity index (χ0) is 44.8. The van der Waals surface area contributed by atoms with Gasteiger partial charge in [0, 0.05) is 49.1 Å². The van der Waals surface area contributed by atoms with Crippen molar-refractivity contribution >= 4 is 0 Å². The van der Waals surface area contributed by atoms with Crippen LogP contribution in [0.3, 0.4) is 0 Å². The molecule has 0 bridgehead atoms. The zero-order valence-corrected chi connectivity index (χ0v) is 30.7. The molecule has 6 aromatic rings. The van der Waals surface area contributed by atoms with Crippen molar-refractivity contribution in [3.63, 3.8) is 0 Å². The Labute approximate surface area is 321 Å². The van der Waals surface area contributed by atoms with Gasteiger partial charge in [-0.2, -0.15) is 0 Å². The minimum Gasteiger partial charge on any atom is -0.201 e. The molecule has 2 nitrogen and oxygen atoms in total. The number of nitrogens with zero attached hydrogens (tertiary/aromatic N) is 2. The van der Waals surface area contributed by atoms with Crippen molar-refractivity contribution in [1.29, 1.82) is 0 Å². The molecule has 7 rings (SSSR count). The van der Waals surface area contributed by atoms with E-state index in [1.807, 2.05) is 87.2 Å². The number of aryl methyl sites for hydroxylation is 4. The van der Waals surface area contributed by atoms with Gasteiger partial charge in [0.1, 0.15) is 14.1 Å². The summed E-state index contributed by atoms with van der Waals surface area (Å²) < 4.78 is 87.7. The van der Waals surface area contributed by atoms with E-state index in [0.717, 1.165) is 44.8 Å². The molecule has 2 heteroatoms. The third-order valence-corrected chi connectivity index (χ3v) is 9.61. The topological polar surface area (TPSA) is 7.76 Å². The van der Waals surface area contributed by atoms with Crippen LogP contribution in [0.5, 0.6) is 0 Å². The largest absolute Gasteiger partial charge is 0.213 e. The molecule has 0 atom stereocenters. The maximum absolute atomic E-state index is 8.89. The van der Waals surface area contributed by atoms with Crippen LogP contribution in [0.2, 0.25) is 0 Å². The third kappa shape index (κ3) is 8.56. The molecule has 1 aliphatic rings. The van der Waals surface area contributed by atoms with Crippen molar-refractivity contribution in [2.24, 2.45) is 14.1 Å². The predicted molar refractivity (Wildman–Crippen MR) is 216 cm³/mol. The van der Waals surface area contributed by atoms with Crippen molar-refractivity contribution in [2.45, 2.75) is 84.2 Å². The molecule has 1 saturated carbocycles. The van der Waals surface area contributed by atoms with Gasteiger partial charge in [-0.3, -0.25) is 0 Å². The Morgan fingerprint density at radius 1 is 0.627 bits per heavy atom. The van der Waals surface area contributed by atoms with Crippen molar-refractivity contribution in [1.82, 2.24) is 0 Å². The van der Waals surface area contributed by atoms with Gasteiger partial charge in [0.05, 0.1) is 0 Å². The van der Waals surface area contributed by atoms with Crippen LogP contribution in [0.25, 0.3) is 44.8 Å². The second-order valence-corrected chi connectivity index (χ2v) is 13.1. The Balaban J connectivity index is 0.000000204. The Hall–Kier alpha value is -4.82. The highest BCUT2D eigenvalue weighted by Crippen LogP contribution is 2.34. The van der Waals surface area contributed by atoms with Crippen molar-refractivity contribution in [3.05, 3.63) is 156 Å². The molecule has 51 heavy (non-hydrogen) atoms. The van der Waals surface area contributed by atoms with Gasteiger partial charge >= 0.3 is 0 Å². The van der Waals surface area contributed by atoms with E-state index in [4.69, 9.17) is 13.7 Å². The molecule has 1 aliphatic carbocycles. The smallest absolute Gasteiger partial charge is 0.201 e. The Morgan fingerprint density at radius 2 is 1.08 bits per heavy atom. The average molecular weight is 683 g/mol. The van der Waals surface area contributed by atoms with Crippen LogP contribution in [0, 0.1) is 13.8 Å². The van der Waals surface area contributed by atoms with Gasteiger partial charge in [0.2, 0.25) is 11.4 Å². The summed E-state index contributed by atoms with van der Waals surface area (Å²) in [4.78, 5) is 0. The summed E-state index contributed by atoms with van der Waals surface area (Å²) >= 11 is 0. The van der Waals surface area contributed by atoms with Crippen LogP contribution >= 0.6 is 0 Å². The van der Waals surface area contributed by atoms with Gasteiger partial charge in [-0.05, 0) is 108 Å². The highest BCUT2D eigenvalue weighted by atomic mass is 14.9. The summed E-state index contributed by atoms with van der Waals surface area (Å²) in [5.74, 6) is -3.94. The second kappa shape index (κ2) is 16.9. The second-order valence-electron chi connectivity index (χ2n) is 13.1. The first-order chi connectivity index (χ1) is 28.4. The highest BCUT2D eigenvalue weighted by molar-refractivity contribution is 5.71. The average Bonchev–Trinajstić information content (AvgIpc) is 3.20. The normalized spacial score (nSPS) is 19.4. The molecule has 0 saturated heterocycles. The number of hydrogen-bond donors (Lipinski definition) is 0. The van der Waals surface area contributed by atoms with Crippen LogP contribution in [0.1, 0.15) is 106 Å². The standard InChI is InChI=1S/C25H28N.C24H28N/c1-19-8-6-7-11-24(19)25-18-23(16-17-26(25)2)22-14-12-21(13-15-22)20-9-4-3-5-10-20;1-5-19(6-2)20-11-13-21(14-12-20)22-15-16-25(4)24(17-22)23-10-8-7-9-18(23)3/h6-8,11-18,20H,3-5,9-10H2,1-2H3;7-17,19H,5-6H2,1-4H3/q2*+1/i9D2,10D2,20D;5D2,6D2,19D. The summed E-state index contributed by atoms with van der Waals surface area (Å²) in [6.45, 7) is 6.71. The SMILES string of the molecule is [2H]C([2H])(C)C([2H])(c1ccc(-c2cc[n+](C)c(-c3ccccc3C)c2)cc1)C([2H])([2H])C.[2H]C1([2H])CCCC([2H])([2H])C1([2H])c1ccc(-c2cc[n+](C)c(-c3ccccc3C)c2)cc1. The lowest BCUT2D eigenvalue weighted by molar-refractivity contribution is -0.660. The van der Waals surface area contributed by atoms with Crippen LogP contribution in [0.4, 0.5) is 0 Å². The van der Waals surface area contributed by atoms with E-state index in [-0.39, 0.29) is 12.8 Å². The molecule has 1 fully saturated rings. The number of rotatable bonds is 8.